The van der Waals surface area contributed by atoms with Gasteiger partial charge in [0.25, 0.3) is 0 Å². The summed E-state index contributed by atoms with van der Waals surface area (Å²) in [6, 6.07) is 181. The van der Waals surface area contributed by atoms with Crippen LogP contribution in [0.15, 0.2) is 491 Å². The molecule has 0 N–H and O–H groups in total. The van der Waals surface area contributed by atoms with E-state index in [1.54, 1.807) is 34.0 Å². The maximum atomic E-state index is 5.09. The minimum atomic E-state index is -0.473. The first-order valence-electron chi connectivity index (χ1n) is 48.9. The zero-order valence-electron chi connectivity index (χ0n) is 77.8. The quantitative estimate of drug-likeness (QED) is 0.128. The van der Waals surface area contributed by atoms with E-state index in [2.05, 4.69) is 505 Å². The predicted octanol–water partition coefficient (Wildman–Crippen LogP) is 37.1. The average Bonchev–Trinajstić information content (AvgIpc) is 1.52. The lowest BCUT2D eigenvalue weighted by Gasteiger charge is -2.34. The molecule has 24 aromatic carbocycles. The van der Waals surface area contributed by atoms with Crippen molar-refractivity contribution in [3.63, 3.8) is 0 Å². The highest BCUT2D eigenvalue weighted by Crippen LogP contribution is 2.61. The molecule has 3 aliphatic rings. The van der Waals surface area contributed by atoms with Crippen molar-refractivity contribution in [1.29, 1.82) is 0 Å². The van der Waals surface area contributed by atoms with Crippen LogP contribution in [0.25, 0.3) is 215 Å². The third-order valence-corrected chi connectivity index (χ3v) is 34.0. The molecule has 3 heterocycles. The van der Waals surface area contributed by atoms with E-state index in [9.17, 15) is 0 Å². The molecule has 0 saturated heterocycles. The van der Waals surface area contributed by atoms with E-state index in [1.807, 2.05) is 0 Å². The minimum Gasteiger partial charge on any atom is -0.236 e. The van der Waals surface area contributed by atoms with Crippen molar-refractivity contribution in [2.24, 2.45) is 0 Å². The zero-order chi connectivity index (χ0) is 93.9. The van der Waals surface area contributed by atoms with E-state index in [0.29, 0.717) is 0 Å². The Hall–Kier alpha value is -17.0. The van der Waals surface area contributed by atoms with Crippen molar-refractivity contribution in [3.8, 4) is 98.5 Å². The molecule has 0 saturated carbocycles. The summed E-state index contributed by atoms with van der Waals surface area (Å²) in [5, 5.41) is 23.5. The second kappa shape index (κ2) is 33.1. The molecule has 0 fully saturated rings. The van der Waals surface area contributed by atoms with E-state index >= 15 is 0 Å². The molecule has 3 aromatic heterocycles. The first kappa shape index (κ1) is 83.2. The summed E-state index contributed by atoms with van der Waals surface area (Å²) in [7, 11) is 0. The highest BCUT2D eigenvalue weighted by Gasteiger charge is 2.49. The molecular weight excluding hydrogens is 1770 g/mol. The molecule has 27 aromatic rings. The Morgan fingerprint density at radius 3 is 0.901 bits per heavy atom. The van der Waals surface area contributed by atoms with Crippen LogP contribution in [0, 0.1) is 0 Å². The van der Waals surface area contributed by atoms with Gasteiger partial charge in [-0.1, -0.05) is 451 Å². The lowest BCUT2D eigenvalue weighted by Crippen LogP contribution is -2.28. The molecule has 6 heteroatoms. The Morgan fingerprint density at radius 1 is 0.183 bits per heavy atom. The number of benzene rings is 24. The first-order chi connectivity index (χ1) is 70.1. The van der Waals surface area contributed by atoms with Gasteiger partial charge in [0.05, 0.1) is 41.5 Å². The summed E-state index contributed by atoms with van der Waals surface area (Å²) in [5.41, 5.74) is 34.3. The molecule has 0 bridgehead atoms. The van der Waals surface area contributed by atoms with Gasteiger partial charge in [0, 0.05) is 38.3 Å². The highest BCUT2D eigenvalue weighted by molar-refractivity contribution is 7.23. The van der Waals surface area contributed by atoms with Crippen LogP contribution in [0.2, 0.25) is 0 Å². The van der Waals surface area contributed by atoms with E-state index in [1.165, 1.54) is 228 Å². The summed E-state index contributed by atoms with van der Waals surface area (Å²) in [6.07, 6.45) is 0. The van der Waals surface area contributed by atoms with Gasteiger partial charge in [0.15, 0.2) is 0 Å². The van der Waals surface area contributed by atoms with E-state index in [0.717, 1.165) is 42.7 Å². The molecule has 3 nitrogen and oxygen atoms in total. The maximum absolute atomic E-state index is 5.09. The van der Waals surface area contributed by atoms with Crippen LogP contribution < -0.4 is 0 Å². The zero-order valence-corrected chi connectivity index (χ0v) is 80.3. The minimum absolute atomic E-state index is 0.0757. The Labute approximate surface area is 834 Å². The Balaban J connectivity index is 0.000000105. The van der Waals surface area contributed by atoms with Gasteiger partial charge in [-0.2, -0.15) is 0 Å². The molecule has 0 aliphatic heterocycles. The Bertz CT molecular complexity index is 9730. The molecule has 0 atom stereocenters. The third kappa shape index (κ3) is 13.1. The second-order valence-electron chi connectivity index (χ2n) is 38.5. The fraction of sp³-hybridized carbons (Fsp3) is 0.0368. The standard InChI is InChI=1S/C50H31NS.C46H29NS.C40H27NS/c1-4-13-35(14-5-1)49-51-45-29-26-34-22-20-33-21-23-36(30-42(33)46(34)48(45)52-49)37-24-27-41-44(31-37)50(38-15-6-2-7-16-38,39-17-8-3-9-18-39)43-28-25-32-12-10-11-19-40(32)47(41)43;1-4-12-32(13-5-1)45-47-42-27-25-31-22-20-30-21-23-33(28-39(30)43(31)44(42)48-45)34-24-26-38-37-18-10-11-19-40(37)46(41(38)29-34,35-14-6-2-7-15-35)36-16-8-3-9-17-36;1-40(2)34-23-29(17-19-31(34)32-20-16-24-8-6-7-11-30(24)37(32)40)28-15-13-25-12-14-26-18-21-35-38(36(26)33(25)22-28)42-39(41-35)27-9-4-3-5-10-27/h1-31H;1-29H;3-23H,1-2H3. The molecule has 0 spiro atoms. The largest absolute Gasteiger partial charge is 0.236 e. The van der Waals surface area contributed by atoms with Crippen LogP contribution in [-0.2, 0) is 16.2 Å². The van der Waals surface area contributed by atoms with E-state index in [4.69, 9.17) is 15.0 Å². The first-order valence-corrected chi connectivity index (χ1v) is 51.3. The second-order valence-corrected chi connectivity index (χ2v) is 41.5. The van der Waals surface area contributed by atoms with Crippen LogP contribution in [0.1, 0.15) is 69.5 Å². The topological polar surface area (TPSA) is 38.7 Å². The molecule has 0 unspecified atom stereocenters. The van der Waals surface area contributed by atoms with Crippen molar-refractivity contribution < 1.29 is 0 Å². The summed E-state index contributed by atoms with van der Waals surface area (Å²) in [6.45, 7) is 4.76. The molecule has 142 heavy (non-hydrogen) atoms. The van der Waals surface area contributed by atoms with Crippen molar-refractivity contribution in [2.75, 3.05) is 0 Å². The van der Waals surface area contributed by atoms with Gasteiger partial charge in [-0.05, 0) is 247 Å². The normalized spacial score (nSPS) is 13.3. The van der Waals surface area contributed by atoms with Gasteiger partial charge in [0.2, 0.25) is 0 Å². The molecule has 30 rings (SSSR count). The third-order valence-electron chi connectivity index (χ3n) is 30.6. The number of aromatic nitrogens is 3. The van der Waals surface area contributed by atoms with Gasteiger partial charge in [0.1, 0.15) is 15.0 Å². The summed E-state index contributed by atoms with van der Waals surface area (Å²) < 4.78 is 3.74. The number of rotatable bonds is 10. The summed E-state index contributed by atoms with van der Waals surface area (Å²) in [5.74, 6) is 0. The van der Waals surface area contributed by atoms with Crippen LogP contribution in [0.4, 0.5) is 0 Å². The number of hydrogen-bond donors (Lipinski definition) is 0. The smallest absolute Gasteiger partial charge is 0.124 e. The molecular formula is C136H87N3S3. The Morgan fingerprint density at radius 2 is 0.465 bits per heavy atom. The van der Waals surface area contributed by atoms with Gasteiger partial charge in [-0.15, -0.1) is 34.0 Å². The predicted molar refractivity (Wildman–Crippen MR) is 604 cm³/mol. The summed E-state index contributed by atoms with van der Waals surface area (Å²) in [4.78, 5) is 15.2. The SMILES string of the molecule is CC1(C)c2cc(-c3ccc4ccc5ccc6nc(-c7ccccc7)sc6c5c4c3)ccc2-c2ccc3ccccc3c21.c1ccc(-c2nc3ccc4ccc5ccc(-c6ccc7c(c6)C(c6ccccc6)(c6ccccc6)c6ccc8ccccc8c6-7)cc5c4c3s2)cc1.c1ccc(-c2nc3ccc4ccc5ccc(-c6ccc7c(c6)C(c6ccccc6)(c6ccccc6)c6ccccc6-7)cc5c4c3s2)cc1. The van der Waals surface area contributed by atoms with Gasteiger partial charge in [-0.25, -0.2) is 15.0 Å². The molecule has 0 radical (unpaired) electrons. The average molecular weight is 1860 g/mol. The number of nitrogens with zero attached hydrogens (tertiary/aromatic N) is 3. The van der Waals surface area contributed by atoms with Crippen LogP contribution in [0.3, 0.4) is 0 Å². The maximum Gasteiger partial charge on any atom is 0.124 e. The van der Waals surface area contributed by atoms with Crippen LogP contribution in [0.5, 0.6) is 0 Å². The Kier molecular flexibility index (Phi) is 19.4. The van der Waals surface area contributed by atoms with Gasteiger partial charge in [-0.3, -0.25) is 0 Å². The van der Waals surface area contributed by atoms with Crippen molar-refractivity contribution >= 4 is 151 Å². The van der Waals surface area contributed by atoms with E-state index in [-0.39, 0.29) is 5.41 Å². The number of fused-ring (bicyclic) bond motifs is 28. The number of thiazole rings is 3. The lowest BCUT2D eigenvalue weighted by atomic mass is 9.67. The fourth-order valence-corrected chi connectivity index (χ4v) is 27.5. The van der Waals surface area contributed by atoms with Crippen LogP contribution >= 0.6 is 34.0 Å². The van der Waals surface area contributed by atoms with Crippen molar-refractivity contribution in [3.05, 3.63) is 547 Å². The summed E-state index contributed by atoms with van der Waals surface area (Å²) >= 11 is 5.37. The van der Waals surface area contributed by atoms with E-state index < -0.39 is 10.8 Å². The van der Waals surface area contributed by atoms with Gasteiger partial charge >= 0.3 is 0 Å². The van der Waals surface area contributed by atoms with Crippen molar-refractivity contribution in [2.45, 2.75) is 30.1 Å². The monoisotopic (exact) mass is 1860 g/mol. The van der Waals surface area contributed by atoms with Gasteiger partial charge < -0.3 is 0 Å². The lowest BCUT2D eigenvalue weighted by molar-refractivity contribution is 0.666. The molecule has 3 aliphatic carbocycles. The fourth-order valence-electron chi connectivity index (χ4n) is 24.1. The molecule has 664 valence electrons. The molecule has 0 amide bonds. The number of hydrogen-bond acceptors (Lipinski definition) is 6. The highest BCUT2D eigenvalue weighted by atomic mass is 32.1. The van der Waals surface area contributed by atoms with Crippen LogP contribution in [-0.4, -0.2) is 15.0 Å². The van der Waals surface area contributed by atoms with Crippen molar-refractivity contribution in [1.82, 2.24) is 15.0 Å².